The highest BCUT2D eigenvalue weighted by molar-refractivity contribution is 5.69. The average molecular weight is 123 g/mol. The summed E-state index contributed by atoms with van der Waals surface area (Å²) in [5, 5.41) is 9.55. The molecule has 4 heteroatoms. The first-order valence-corrected chi connectivity index (χ1v) is 2.04. The van der Waals surface area contributed by atoms with E-state index in [-0.39, 0.29) is 0 Å². The second-order valence-electron chi connectivity index (χ2n) is 1.44. The Bertz CT molecular complexity index is 92.0. The molecule has 0 aromatic carbocycles. The van der Waals surface area contributed by atoms with Crippen LogP contribution in [0.5, 0.6) is 0 Å². The van der Waals surface area contributed by atoms with E-state index in [1.54, 1.807) is 0 Å². The van der Waals surface area contributed by atoms with Crippen LogP contribution in [0.15, 0.2) is 0 Å². The fraction of sp³-hybridized carbons (Fsp3) is 0.750. The lowest BCUT2D eigenvalue weighted by Crippen LogP contribution is -2.16. The second-order valence-corrected chi connectivity index (χ2v) is 1.44. The monoisotopic (exact) mass is 123 g/mol. The van der Waals surface area contributed by atoms with Gasteiger partial charge in [0.1, 0.15) is 5.92 Å². The summed E-state index contributed by atoms with van der Waals surface area (Å²) in [4.78, 5) is 9.55. The summed E-state index contributed by atoms with van der Waals surface area (Å²) in [5.41, 5.74) is 0. The van der Waals surface area contributed by atoms with Crippen LogP contribution in [0.3, 0.4) is 0 Å². The van der Waals surface area contributed by atoms with Gasteiger partial charge in [-0.05, 0) is 6.92 Å². The third-order valence-electron chi connectivity index (χ3n) is 0.750. The van der Waals surface area contributed by atoms with Gasteiger partial charge in [-0.3, -0.25) is 0 Å². The van der Waals surface area contributed by atoms with Gasteiger partial charge in [-0.15, -0.1) is 0 Å². The van der Waals surface area contributed by atoms with Gasteiger partial charge in [0.05, 0.1) is 0 Å². The molecule has 0 aliphatic rings. The third kappa shape index (κ3) is 1.86. The van der Waals surface area contributed by atoms with Crippen molar-refractivity contribution in [3.05, 3.63) is 0 Å². The summed E-state index contributed by atoms with van der Waals surface area (Å²) in [6.45, 7) is 0.903. The summed E-state index contributed by atoms with van der Waals surface area (Å²) >= 11 is 0. The Labute approximate surface area is 45.1 Å². The number of carbonyl (C=O) groups is 1. The van der Waals surface area contributed by atoms with Crippen LogP contribution < -0.4 is 0 Å². The van der Waals surface area contributed by atoms with Crippen molar-refractivity contribution >= 4 is 5.97 Å². The highest BCUT2D eigenvalue weighted by Gasteiger charge is 2.23. The van der Waals surface area contributed by atoms with Crippen LogP contribution in [0, 0.1) is 5.92 Å². The standard InChI is InChI=1S/C4H5F2O2/c1-2(3(5)6)4(7)8/h2-3H,1H3/t2-/m1/s1. The Morgan fingerprint density at radius 2 is 1.88 bits per heavy atom. The van der Waals surface area contributed by atoms with Crippen molar-refractivity contribution in [2.24, 2.45) is 5.92 Å². The Balaban J connectivity index is 3.64. The molecular formula is C4H5F2O2. The minimum atomic E-state index is -2.82. The average Bonchev–Trinajstić information content (AvgIpc) is 1.64. The van der Waals surface area contributed by atoms with E-state index >= 15 is 0 Å². The van der Waals surface area contributed by atoms with Gasteiger partial charge in [0, 0.05) is 0 Å². The minimum absolute atomic E-state index is 0.903. The van der Waals surface area contributed by atoms with E-state index in [1.165, 1.54) is 0 Å². The molecule has 2 nitrogen and oxygen atoms in total. The van der Waals surface area contributed by atoms with Crippen LogP contribution in [-0.4, -0.2) is 12.4 Å². The molecule has 0 amide bonds. The van der Waals surface area contributed by atoms with Gasteiger partial charge in [-0.25, -0.2) is 18.7 Å². The zero-order chi connectivity index (χ0) is 6.73. The first kappa shape index (κ1) is 7.33. The van der Waals surface area contributed by atoms with Gasteiger partial charge >= 0.3 is 5.97 Å². The van der Waals surface area contributed by atoms with E-state index < -0.39 is 18.3 Å². The van der Waals surface area contributed by atoms with Gasteiger partial charge < -0.3 is 0 Å². The lowest BCUT2D eigenvalue weighted by atomic mass is 10.2. The van der Waals surface area contributed by atoms with Gasteiger partial charge in [-0.1, -0.05) is 0 Å². The van der Waals surface area contributed by atoms with E-state index in [2.05, 4.69) is 0 Å². The summed E-state index contributed by atoms with van der Waals surface area (Å²) in [7, 11) is 0. The summed E-state index contributed by atoms with van der Waals surface area (Å²) in [6, 6.07) is 0. The molecule has 0 rings (SSSR count). The Hall–Kier alpha value is -0.670. The first-order valence-electron chi connectivity index (χ1n) is 2.04. The summed E-state index contributed by atoms with van der Waals surface area (Å²) < 4.78 is 22.5. The minimum Gasteiger partial charge on any atom is -0.247 e. The number of rotatable bonds is 2. The van der Waals surface area contributed by atoms with Crippen LogP contribution in [0.25, 0.3) is 0 Å². The van der Waals surface area contributed by atoms with E-state index in [9.17, 15) is 18.7 Å². The Kier molecular flexibility index (Phi) is 2.37. The largest absolute Gasteiger partial charge is 0.364 e. The van der Waals surface area contributed by atoms with E-state index in [0.717, 1.165) is 6.92 Å². The van der Waals surface area contributed by atoms with Crippen LogP contribution in [-0.2, 0) is 9.90 Å². The molecule has 0 unspecified atom stereocenters. The van der Waals surface area contributed by atoms with Crippen LogP contribution in [0.2, 0.25) is 0 Å². The number of hydrogen-bond acceptors (Lipinski definition) is 1. The Morgan fingerprint density at radius 3 is 1.88 bits per heavy atom. The maximum atomic E-state index is 11.3. The summed E-state index contributed by atoms with van der Waals surface area (Å²) in [5.74, 6) is -3.37. The maximum absolute atomic E-state index is 11.3. The van der Waals surface area contributed by atoms with Crippen LogP contribution >= 0.6 is 0 Å². The van der Waals surface area contributed by atoms with Gasteiger partial charge in [-0.2, -0.15) is 0 Å². The molecule has 0 aromatic rings. The van der Waals surface area contributed by atoms with Crippen molar-refractivity contribution in [3.8, 4) is 0 Å². The molecular weight excluding hydrogens is 118 g/mol. The van der Waals surface area contributed by atoms with E-state index in [4.69, 9.17) is 0 Å². The zero-order valence-corrected chi connectivity index (χ0v) is 4.23. The van der Waals surface area contributed by atoms with E-state index in [1.807, 2.05) is 0 Å². The van der Waals surface area contributed by atoms with Crippen molar-refractivity contribution in [1.82, 2.24) is 0 Å². The summed E-state index contributed by atoms with van der Waals surface area (Å²) in [6.07, 6.45) is -2.82. The number of carbonyl (C=O) groups excluding carboxylic acids is 1. The molecule has 8 heavy (non-hydrogen) atoms. The molecule has 0 aliphatic heterocycles. The quantitative estimate of drug-likeness (QED) is 0.536. The molecule has 47 valence electrons. The molecule has 1 atom stereocenters. The molecule has 0 saturated heterocycles. The van der Waals surface area contributed by atoms with Crippen molar-refractivity contribution in [2.75, 3.05) is 0 Å². The van der Waals surface area contributed by atoms with Crippen molar-refractivity contribution in [1.29, 1.82) is 0 Å². The molecule has 0 saturated carbocycles. The topological polar surface area (TPSA) is 37.0 Å². The van der Waals surface area contributed by atoms with Gasteiger partial charge in [0.15, 0.2) is 0 Å². The molecule has 0 bridgehead atoms. The second kappa shape index (κ2) is 2.59. The SMILES string of the molecule is C[C@@H](C([O])=O)C(F)F. The fourth-order valence-electron chi connectivity index (χ4n) is 0.103. The Morgan fingerprint density at radius 1 is 1.50 bits per heavy atom. The predicted molar refractivity (Wildman–Crippen MR) is 20.9 cm³/mol. The molecule has 0 fully saturated rings. The first-order chi connectivity index (χ1) is 3.55. The highest BCUT2D eigenvalue weighted by atomic mass is 19.3. The molecule has 0 aliphatic carbocycles. The number of alkyl halides is 2. The third-order valence-corrected chi connectivity index (χ3v) is 0.750. The van der Waals surface area contributed by atoms with Crippen molar-refractivity contribution in [2.45, 2.75) is 13.3 Å². The van der Waals surface area contributed by atoms with Crippen LogP contribution in [0.4, 0.5) is 8.78 Å². The molecule has 0 heterocycles. The number of halogens is 2. The molecule has 0 spiro atoms. The normalized spacial score (nSPS) is 14.0. The highest BCUT2D eigenvalue weighted by Crippen LogP contribution is 2.07. The lowest BCUT2D eigenvalue weighted by molar-refractivity contribution is -0.152. The molecule has 0 aromatic heterocycles. The van der Waals surface area contributed by atoms with Crippen molar-refractivity contribution in [3.63, 3.8) is 0 Å². The molecule has 1 radical (unpaired) electrons. The fourth-order valence-corrected chi connectivity index (χ4v) is 0.103. The van der Waals surface area contributed by atoms with Gasteiger partial charge in [0.25, 0.3) is 6.43 Å². The number of hydrogen-bond donors (Lipinski definition) is 0. The lowest BCUT2D eigenvalue weighted by Gasteiger charge is -1.98. The molecule has 0 N–H and O–H groups in total. The maximum Gasteiger partial charge on any atom is 0.364 e. The van der Waals surface area contributed by atoms with Crippen molar-refractivity contribution < 1.29 is 18.7 Å². The predicted octanol–water partition coefficient (Wildman–Crippen LogP) is 0.845. The van der Waals surface area contributed by atoms with Gasteiger partial charge in [0.2, 0.25) is 0 Å². The van der Waals surface area contributed by atoms with Crippen LogP contribution in [0.1, 0.15) is 6.92 Å². The van der Waals surface area contributed by atoms with E-state index in [0.29, 0.717) is 0 Å². The smallest absolute Gasteiger partial charge is 0.247 e. The zero-order valence-electron chi connectivity index (χ0n) is 4.23.